The SMILES string of the molecule is COC(=O)[C@H]1CCCCN1Cc1nc(C2CC2)no1. The Morgan fingerprint density at radius 1 is 1.42 bits per heavy atom. The molecule has 2 aliphatic rings. The maximum absolute atomic E-state index is 11.8. The Morgan fingerprint density at radius 3 is 3.00 bits per heavy atom. The van der Waals surface area contributed by atoms with Crippen molar-refractivity contribution in [3.63, 3.8) is 0 Å². The van der Waals surface area contributed by atoms with Crippen LogP contribution in [-0.4, -0.2) is 40.7 Å². The minimum atomic E-state index is -0.171. The molecule has 0 unspecified atom stereocenters. The maximum Gasteiger partial charge on any atom is 0.323 e. The third-order valence-corrected chi connectivity index (χ3v) is 3.85. The highest BCUT2D eigenvalue weighted by Crippen LogP contribution is 2.38. The Bertz CT molecular complexity index is 456. The van der Waals surface area contributed by atoms with E-state index in [0.29, 0.717) is 18.4 Å². The van der Waals surface area contributed by atoms with Crippen molar-refractivity contribution < 1.29 is 14.1 Å². The quantitative estimate of drug-likeness (QED) is 0.768. The summed E-state index contributed by atoms with van der Waals surface area (Å²) in [6, 6.07) is -0.171. The molecule has 1 saturated carbocycles. The average Bonchev–Trinajstić information content (AvgIpc) is 3.19. The lowest BCUT2D eigenvalue weighted by Crippen LogP contribution is -2.44. The predicted molar refractivity (Wildman–Crippen MR) is 66.3 cm³/mol. The van der Waals surface area contributed by atoms with Gasteiger partial charge in [-0.15, -0.1) is 0 Å². The largest absolute Gasteiger partial charge is 0.468 e. The monoisotopic (exact) mass is 265 g/mol. The summed E-state index contributed by atoms with van der Waals surface area (Å²) >= 11 is 0. The summed E-state index contributed by atoms with van der Waals surface area (Å²) in [6.07, 6.45) is 5.32. The van der Waals surface area contributed by atoms with E-state index in [1.807, 2.05) is 0 Å². The Balaban J connectivity index is 1.66. The van der Waals surface area contributed by atoms with Gasteiger partial charge >= 0.3 is 5.97 Å². The van der Waals surface area contributed by atoms with E-state index >= 15 is 0 Å². The first-order valence-corrected chi connectivity index (χ1v) is 6.92. The molecule has 1 aromatic heterocycles. The second-order valence-corrected chi connectivity index (χ2v) is 5.33. The molecule has 6 heteroatoms. The molecule has 0 radical (unpaired) electrons. The second-order valence-electron chi connectivity index (χ2n) is 5.33. The second kappa shape index (κ2) is 5.28. The maximum atomic E-state index is 11.8. The molecular weight excluding hydrogens is 246 g/mol. The van der Waals surface area contributed by atoms with Crippen molar-refractivity contribution in [1.29, 1.82) is 0 Å². The summed E-state index contributed by atoms with van der Waals surface area (Å²) in [5, 5.41) is 4.00. The van der Waals surface area contributed by atoms with Crippen molar-refractivity contribution in [1.82, 2.24) is 15.0 Å². The van der Waals surface area contributed by atoms with E-state index in [0.717, 1.165) is 44.5 Å². The summed E-state index contributed by atoms with van der Waals surface area (Å²) in [5.41, 5.74) is 0. The van der Waals surface area contributed by atoms with Gasteiger partial charge in [-0.25, -0.2) is 0 Å². The highest BCUT2D eigenvalue weighted by Gasteiger charge is 2.32. The molecule has 19 heavy (non-hydrogen) atoms. The summed E-state index contributed by atoms with van der Waals surface area (Å²) in [5.74, 6) is 1.76. The first kappa shape index (κ1) is 12.6. The van der Waals surface area contributed by atoms with E-state index in [4.69, 9.17) is 9.26 Å². The van der Waals surface area contributed by atoms with E-state index in [2.05, 4.69) is 15.0 Å². The molecule has 3 rings (SSSR count). The highest BCUT2D eigenvalue weighted by molar-refractivity contribution is 5.75. The predicted octanol–water partition coefficient (Wildman–Crippen LogP) is 1.47. The Kier molecular flexibility index (Phi) is 3.50. The van der Waals surface area contributed by atoms with Crippen LogP contribution in [0.15, 0.2) is 4.52 Å². The molecule has 0 amide bonds. The minimum absolute atomic E-state index is 0.165. The number of hydrogen-bond donors (Lipinski definition) is 0. The van der Waals surface area contributed by atoms with Crippen LogP contribution in [0.5, 0.6) is 0 Å². The molecule has 0 spiro atoms. The van der Waals surface area contributed by atoms with Crippen molar-refractivity contribution >= 4 is 5.97 Å². The first-order valence-electron chi connectivity index (χ1n) is 6.92. The number of rotatable bonds is 4. The number of hydrogen-bond acceptors (Lipinski definition) is 6. The molecule has 2 heterocycles. The van der Waals surface area contributed by atoms with Gasteiger partial charge in [-0.2, -0.15) is 4.98 Å². The highest BCUT2D eigenvalue weighted by atomic mass is 16.5. The molecule has 1 aliphatic heterocycles. The molecular formula is C13H19N3O3. The van der Waals surface area contributed by atoms with Crippen molar-refractivity contribution in [3.8, 4) is 0 Å². The molecule has 2 fully saturated rings. The summed E-state index contributed by atoms with van der Waals surface area (Å²) in [7, 11) is 1.44. The molecule has 1 atom stereocenters. The van der Waals surface area contributed by atoms with Gasteiger partial charge < -0.3 is 9.26 Å². The number of carbonyl (C=O) groups excluding carboxylic acids is 1. The zero-order valence-electron chi connectivity index (χ0n) is 11.2. The summed E-state index contributed by atoms with van der Waals surface area (Å²) in [6.45, 7) is 1.42. The fourth-order valence-electron chi connectivity index (χ4n) is 2.60. The number of carbonyl (C=O) groups is 1. The Labute approximate surface area is 112 Å². The third-order valence-electron chi connectivity index (χ3n) is 3.85. The van der Waals surface area contributed by atoms with Crippen LogP contribution in [0.1, 0.15) is 49.7 Å². The topological polar surface area (TPSA) is 68.5 Å². The molecule has 0 N–H and O–H groups in total. The molecule has 1 aliphatic carbocycles. The van der Waals surface area contributed by atoms with E-state index in [1.54, 1.807) is 0 Å². The number of piperidine rings is 1. The third kappa shape index (κ3) is 2.78. The fraction of sp³-hybridized carbons (Fsp3) is 0.769. The van der Waals surface area contributed by atoms with Gasteiger partial charge in [0.1, 0.15) is 6.04 Å². The van der Waals surface area contributed by atoms with Crippen molar-refractivity contribution in [2.24, 2.45) is 0 Å². The molecule has 0 aromatic carbocycles. The minimum Gasteiger partial charge on any atom is -0.468 e. The van der Waals surface area contributed by atoms with Crippen LogP contribution in [0.3, 0.4) is 0 Å². The standard InChI is InChI=1S/C13H19N3O3/c1-18-13(17)10-4-2-3-7-16(10)8-11-14-12(15-19-11)9-5-6-9/h9-10H,2-8H2,1H3/t10-/m1/s1. The number of esters is 1. The van der Waals surface area contributed by atoms with Gasteiger partial charge in [-0.3, -0.25) is 9.69 Å². The van der Waals surface area contributed by atoms with Gasteiger partial charge in [-0.1, -0.05) is 11.6 Å². The van der Waals surface area contributed by atoms with Crippen LogP contribution in [0.4, 0.5) is 0 Å². The molecule has 0 bridgehead atoms. The van der Waals surface area contributed by atoms with Gasteiger partial charge in [0.15, 0.2) is 5.82 Å². The summed E-state index contributed by atoms with van der Waals surface area (Å²) in [4.78, 5) is 18.3. The lowest BCUT2D eigenvalue weighted by Gasteiger charge is -2.32. The van der Waals surface area contributed by atoms with Gasteiger partial charge in [0.05, 0.1) is 13.7 Å². The number of likely N-dealkylation sites (tertiary alicyclic amines) is 1. The van der Waals surface area contributed by atoms with Crippen LogP contribution in [0.2, 0.25) is 0 Å². The lowest BCUT2D eigenvalue weighted by molar-refractivity contribution is -0.148. The molecule has 6 nitrogen and oxygen atoms in total. The first-order chi connectivity index (χ1) is 9.28. The zero-order valence-corrected chi connectivity index (χ0v) is 11.2. The van der Waals surface area contributed by atoms with Gasteiger partial charge in [0.2, 0.25) is 5.89 Å². The van der Waals surface area contributed by atoms with Gasteiger partial charge in [0.25, 0.3) is 0 Å². The smallest absolute Gasteiger partial charge is 0.323 e. The van der Waals surface area contributed by atoms with E-state index in [9.17, 15) is 4.79 Å². The lowest BCUT2D eigenvalue weighted by atomic mass is 10.0. The van der Waals surface area contributed by atoms with E-state index < -0.39 is 0 Å². The van der Waals surface area contributed by atoms with Crippen LogP contribution in [0, 0.1) is 0 Å². The molecule has 1 saturated heterocycles. The van der Waals surface area contributed by atoms with Crippen molar-refractivity contribution in [2.75, 3.05) is 13.7 Å². The number of aromatic nitrogens is 2. The fourth-order valence-corrected chi connectivity index (χ4v) is 2.60. The van der Waals surface area contributed by atoms with Crippen LogP contribution < -0.4 is 0 Å². The molecule has 1 aromatic rings. The van der Waals surface area contributed by atoms with E-state index in [1.165, 1.54) is 7.11 Å². The van der Waals surface area contributed by atoms with Crippen LogP contribution >= 0.6 is 0 Å². The zero-order chi connectivity index (χ0) is 13.2. The van der Waals surface area contributed by atoms with Crippen molar-refractivity contribution in [2.45, 2.75) is 50.6 Å². The Morgan fingerprint density at radius 2 is 2.26 bits per heavy atom. The number of ether oxygens (including phenoxy) is 1. The van der Waals surface area contributed by atoms with Gasteiger partial charge in [-0.05, 0) is 32.2 Å². The summed E-state index contributed by atoms with van der Waals surface area (Å²) < 4.78 is 10.1. The normalized spacial score (nSPS) is 24.4. The molecule has 104 valence electrons. The van der Waals surface area contributed by atoms with Gasteiger partial charge in [0, 0.05) is 5.92 Å². The average molecular weight is 265 g/mol. The van der Waals surface area contributed by atoms with Crippen LogP contribution in [0.25, 0.3) is 0 Å². The van der Waals surface area contributed by atoms with Crippen LogP contribution in [-0.2, 0) is 16.1 Å². The van der Waals surface area contributed by atoms with E-state index in [-0.39, 0.29) is 12.0 Å². The Hall–Kier alpha value is -1.43. The number of nitrogens with zero attached hydrogens (tertiary/aromatic N) is 3. The number of methoxy groups -OCH3 is 1. The van der Waals surface area contributed by atoms with Crippen molar-refractivity contribution in [3.05, 3.63) is 11.7 Å².